The Morgan fingerprint density at radius 2 is 0.602 bits per heavy atom. The molecule has 1 amide bonds. The molecule has 103 heavy (non-hydrogen) atoms. The smallest absolute Gasteiger partial charge is 0.333 e. The highest BCUT2D eigenvalue weighted by atomic mass is 16.6. The van der Waals surface area contributed by atoms with Gasteiger partial charge in [0.25, 0.3) is 0 Å². The first-order valence-electron chi connectivity index (χ1n) is 30.7. The van der Waals surface area contributed by atoms with E-state index < -0.39 is 153 Å². The van der Waals surface area contributed by atoms with Gasteiger partial charge in [-0.25, -0.2) is 52.7 Å². The third-order valence-corrected chi connectivity index (χ3v) is 11.7. The fourth-order valence-electron chi connectivity index (χ4n) is 5.89. The molecule has 3 unspecified atom stereocenters. The first kappa shape index (κ1) is 102. The maximum Gasteiger partial charge on any atom is 0.333 e. The van der Waals surface area contributed by atoms with Crippen LogP contribution in [0.1, 0.15) is 32.6 Å². The number of hydrogen-bond acceptors (Lipinski definition) is 33. The molecular weight excluding hydrogens is 1370 g/mol. The van der Waals surface area contributed by atoms with Gasteiger partial charge in [0.15, 0.2) is 0 Å². The lowest BCUT2D eigenvalue weighted by Gasteiger charge is -2.34. The Balaban J connectivity index is -0.000000423. The second-order valence-corrected chi connectivity index (χ2v) is 20.8. The van der Waals surface area contributed by atoms with E-state index in [0.717, 1.165) is 92.5 Å². The summed E-state index contributed by atoms with van der Waals surface area (Å²) in [6, 6.07) is 0. The number of ether oxygens (including phenoxy) is 14. The number of hydrogen-bond donors (Lipinski definition) is 8. The van der Waals surface area contributed by atoms with Gasteiger partial charge in [-0.1, -0.05) is 91.8 Å². The average Bonchev–Trinajstić information content (AvgIpc) is 0.853. The highest BCUT2D eigenvalue weighted by Crippen LogP contribution is 2.26. The van der Waals surface area contributed by atoms with Crippen LogP contribution in [0.3, 0.4) is 0 Å². The van der Waals surface area contributed by atoms with Crippen molar-refractivity contribution in [1.82, 2.24) is 5.32 Å². The van der Waals surface area contributed by atoms with E-state index in [-0.39, 0.29) is 84.2 Å². The van der Waals surface area contributed by atoms with Crippen LogP contribution in [0.5, 0.6) is 0 Å². The van der Waals surface area contributed by atoms with Crippen molar-refractivity contribution >= 4 is 71.6 Å². The van der Waals surface area contributed by atoms with Crippen LogP contribution in [0, 0.1) is 16.2 Å². The standard InChI is InChI=1S/C25H32O12.C18H30O8.C14H18O7.C7H12O4.C5H9NO2/c1-6-19(27)33-14-24(11-26,15-34-20(28)7-2)12-32-13-25(16-35-21(29)8-3,17-36-22(30)9-4)18-37-23(31)10-5;1-3-17(21)25-13-15(19)11-23-9-7-5-6-8-10-24-12-16(20)14-26-18(22)4-2;1-4-11(16)19-8-14(7-15,9-20-12(17)5-2)10-21-13(18)6-3;1-5(2)7(10)11-4-6(9)3-8;1-2-5(8)6-3-4-7/h6-10,26H,1-5,11-18H2;3-4,15-16,19-20H,1-2,5-14H2;4-6,15H,1-3,7-10H2;6,8-9H,1,3-4H2,2H3;2,7H,1,3-4H2,(H,6,8). The van der Waals surface area contributed by atoms with Gasteiger partial charge >= 0.3 is 65.7 Å². The number of amides is 1. The first-order chi connectivity index (χ1) is 48.8. The fraction of sp³-hybridized carbons (Fsp3) is 0.478. The van der Waals surface area contributed by atoms with E-state index in [9.17, 15) is 78.0 Å². The molecule has 3 atom stereocenters. The topological polar surface area (TPSA) is 488 Å². The van der Waals surface area contributed by atoms with Crippen LogP contribution in [-0.4, -0.2) is 271 Å². The van der Waals surface area contributed by atoms with Crippen LogP contribution < -0.4 is 5.32 Å². The van der Waals surface area contributed by atoms with Gasteiger partial charge in [0, 0.05) is 86.1 Å². The molecule has 34 nitrogen and oxygen atoms in total. The zero-order valence-electron chi connectivity index (χ0n) is 58.2. The van der Waals surface area contributed by atoms with Crippen LogP contribution in [0.25, 0.3) is 0 Å². The van der Waals surface area contributed by atoms with E-state index in [1.165, 1.54) is 6.92 Å². The van der Waals surface area contributed by atoms with Gasteiger partial charge in [0.1, 0.15) is 91.0 Å². The molecule has 34 heteroatoms. The molecular formula is C69H101NO33. The molecule has 0 saturated carbocycles. The second-order valence-electron chi connectivity index (χ2n) is 20.8. The summed E-state index contributed by atoms with van der Waals surface area (Å²) >= 11 is 0. The van der Waals surface area contributed by atoms with Gasteiger partial charge < -0.3 is 107 Å². The zero-order chi connectivity index (χ0) is 79.5. The van der Waals surface area contributed by atoms with Gasteiger partial charge in [-0.2, -0.15) is 0 Å². The predicted molar refractivity (Wildman–Crippen MR) is 365 cm³/mol. The summed E-state index contributed by atoms with van der Waals surface area (Å²) in [7, 11) is 0. The minimum Gasteiger partial charge on any atom is -0.462 e. The lowest BCUT2D eigenvalue weighted by molar-refractivity contribution is -0.168. The molecule has 0 heterocycles. The molecule has 0 aromatic carbocycles. The molecule has 0 aliphatic heterocycles. The molecule has 8 N–H and O–H groups in total. The van der Waals surface area contributed by atoms with E-state index in [1.807, 2.05) is 0 Å². The van der Waals surface area contributed by atoms with Crippen molar-refractivity contribution in [3.8, 4) is 0 Å². The van der Waals surface area contributed by atoms with Crippen LogP contribution in [0.4, 0.5) is 0 Å². The molecule has 0 aromatic rings. The number of aliphatic hydroxyl groups is 7. The number of aliphatic hydroxyl groups excluding tert-OH is 7. The Hall–Kier alpha value is -9.88. The minimum absolute atomic E-state index is 0.0282. The Labute approximate surface area is 598 Å². The third kappa shape index (κ3) is 59.5. The molecule has 0 bridgehead atoms. The Bertz CT molecular complexity index is 2520. The maximum absolute atomic E-state index is 11.7. The maximum atomic E-state index is 11.7. The van der Waals surface area contributed by atoms with Crippen molar-refractivity contribution in [2.24, 2.45) is 16.2 Å². The van der Waals surface area contributed by atoms with Crippen molar-refractivity contribution in [2.75, 3.05) is 145 Å². The van der Waals surface area contributed by atoms with E-state index in [0.29, 0.717) is 19.8 Å². The van der Waals surface area contributed by atoms with Gasteiger partial charge in [0.05, 0.1) is 69.1 Å². The zero-order valence-corrected chi connectivity index (χ0v) is 58.2. The number of nitrogens with one attached hydrogen (secondary N) is 1. The third-order valence-electron chi connectivity index (χ3n) is 11.7. The van der Waals surface area contributed by atoms with Crippen molar-refractivity contribution in [3.63, 3.8) is 0 Å². The summed E-state index contributed by atoms with van der Waals surface area (Å²) in [4.78, 5) is 134. The monoisotopic (exact) mass is 1470 g/mol. The Morgan fingerprint density at radius 3 is 0.854 bits per heavy atom. The Morgan fingerprint density at radius 1 is 0.340 bits per heavy atom. The number of esters is 11. The van der Waals surface area contributed by atoms with E-state index in [2.05, 4.69) is 98.5 Å². The Kier molecular flexibility index (Phi) is 64.6. The van der Waals surface area contributed by atoms with Crippen molar-refractivity contribution in [3.05, 3.63) is 151 Å². The van der Waals surface area contributed by atoms with Crippen LogP contribution in [-0.2, 0) is 124 Å². The summed E-state index contributed by atoms with van der Waals surface area (Å²) in [5.74, 6) is -8.17. The highest BCUT2D eigenvalue weighted by molar-refractivity contribution is 5.88. The first-order valence-corrected chi connectivity index (χ1v) is 30.7. The van der Waals surface area contributed by atoms with Gasteiger partial charge in [-0.05, 0) is 25.8 Å². The molecule has 580 valence electrons. The van der Waals surface area contributed by atoms with Gasteiger partial charge in [-0.15, -0.1) is 0 Å². The molecule has 0 aliphatic rings. The minimum atomic E-state index is -1.44. The largest absolute Gasteiger partial charge is 0.462 e. The molecule has 0 saturated heterocycles. The number of unbranched alkanes of at least 4 members (excludes halogenated alkanes) is 3. The summed E-state index contributed by atoms with van der Waals surface area (Å²) in [6.07, 6.45) is 11.5. The van der Waals surface area contributed by atoms with Gasteiger partial charge in [-0.3, -0.25) is 4.79 Å². The van der Waals surface area contributed by atoms with Crippen LogP contribution in [0.15, 0.2) is 151 Å². The van der Waals surface area contributed by atoms with Crippen molar-refractivity contribution in [1.29, 1.82) is 0 Å². The summed E-state index contributed by atoms with van der Waals surface area (Å²) < 4.78 is 70.1. The molecule has 0 aromatic heterocycles. The van der Waals surface area contributed by atoms with E-state index in [1.54, 1.807) is 0 Å². The lowest BCUT2D eigenvalue weighted by atomic mass is 9.90. The highest BCUT2D eigenvalue weighted by Gasteiger charge is 2.40. The lowest BCUT2D eigenvalue weighted by Crippen LogP contribution is -2.46. The SMILES string of the molecule is C=C(C)C(=O)OCC(O)CO.C=CC(=O)NCCO.C=CC(=O)OCC(CO)(COC(=O)C=C)COC(=O)C=C.C=CC(=O)OCC(CO)(COCC(COC(=O)C=C)(COC(=O)C=C)COC(=O)C=C)COC(=O)C=C.C=CC(=O)OCC(O)COCCCCCCOCC(O)COC(=O)C=C. The molecule has 0 rings (SSSR count). The van der Waals surface area contributed by atoms with E-state index >= 15 is 0 Å². The number of rotatable bonds is 54. The van der Waals surface area contributed by atoms with Crippen LogP contribution in [0.2, 0.25) is 0 Å². The average molecular weight is 1470 g/mol. The molecule has 0 radical (unpaired) electrons. The molecule has 0 aliphatic carbocycles. The predicted octanol–water partition coefficient (Wildman–Crippen LogP) is 0.267. The van der Waals surface area contributed by atoms with Crippen molar-refractivity contribution in [2.45, 2.75) is 50.9 Å². The quantitative estimate of drug-likeness (QED) is 0.0175. The molecule has 0 spiro atoms. The summed E-state index contributed by atoms with van der Waals surface area (Å²) in [5.41, 5.74) is -3.88. The normalized spacial score (nSPS) is 11.1. The molecule has 0 fully saturated rings. The second kappa shape index (κ2) is 65.4. The number of carbonyl (C=O) groups excluding carboxylic acids is 12. The van der Waals surface area contributed by atoms with Crippen LogP contribution >= 0.6 is 0 Å². The van der Waals surface area contributed by atoms with Gasteiger partial charge in [0.2, 0.25) is 5.91 Å². The summed E-state index contributed by atoms with van der Waals surface area (Å²) in [5, 5.41) is 66.1. The fourth-order valence-corrected chi connectivity index (χ4v) is 5.89. The van der Waals surface area contributed by atoms with Crippen molar-refractivity contribution < 1.29 is 160 Å². The van der Waals surface area contributed by atoms with E-state index in [4.69, 9.17) is 67.4 Å². The summed E-state index contributed by atoms with van der Waals surface area (Å²) in [6.45, 7) is 36.3. The number of carbonyl (C=O) groups is 12.